The van der Waals surface area contributed by atoms with E-state index in [0.717, 1.165) is 5.69 Å². The Bertz CT molecular complexity index is 719. The summed E-state index contributed by atoms with van der Waals surface area (Å²) in [5, 5.41) is 15.5. The van der Waals surface area contributed by atoms with Gasteiger partial charge in [0.1, 0.15) is 11.2 Å². The number of nitrogen functional groups attached to an aromatic ring is 1. The van der Waals surface area contributed by atoms with Crippen LogP contribution in [0.5, 0.6) is 0 Å². The molecule has 3 N–H and O–H groups in total. The highest BCUT2D eigenvalue weighted by molar-refractivity contribution is 7.12. The number of nitrogens with one attached hydrogen (secondary N) is 1. The molecule has 0 bridgehead atoms. The topological polar surface area (TPSA) is 98.7 Å². The number of hydrogen-bond acceptors (Lipinski definition) is 6. The van der Waals surface area contributed by atoms with Crippen molar-refractivity contribution in [2.45, 2.75) is 0 Å². The van der Waals surface area contributed by atoms with E-state index in [1.54, 1.807) is 23.6 Å². The monoisotopic (exact) mass is 286 g/mol. The van der Waals surface area contributed by atoms with Crippen LogP contribution in [0.3, 0.4) is 0 Å². The third-order valence-corrected chi connectivity index (χ3v) is 3.57. The molecule has 100 valence electrons. The first kappa shape index (κ1) is 12.3. The zero-order valence-corrected chi connectivity index (χ0v) is 11.0. The zero-order chi connectivity index (χ0) is 13.9. The second-order valence-electron chi connectivity index (χ2n) is 3.96. The van der Waals surface area contributed by atoms with Crippen molar-refractivity contribution in [1.29, 1.82) is 0 Å². The van der Waals surface area contributed by atoms with Crippen LogP contribution in [0.4, 0.5) is 11.4 Å². The molecule has 0 aliphatic rings. The van der Waals surface area contributed by atoms with Gasteiger partial charge in [-0.05, 0) is 46.1 Å². The molecule has 0 saturated carbocycles. The van der Waals surface area contributed by atoms with Crippen molar-refractivity contribution in [2.24, 2.45) is 0 Å². The molecule has 0 saturated heterocycles. The molecule has 20 heavy (non-hydrogen) atoms. The van der Waals surface area contributed by atoms with Crippen LogP contribution in [0.1, 0.15) is 9.67 Å². The SMILES string of the molecule is Nc1ccsc1C(=O)Nc1ccc(-n2cnnn2)cc1. The van der Waals surface area contributed by atoms with Crippen molar-refractivity contribution in [1.82, 2.24) is 20.2 Å². The number of thiophene rings is 1. The lowest BCUT2D eigenvalue weighted by atomic mass is 10.2. The number of carbonyl (C=O) groups excluding carboxylic acids is 1. The van der Waals surface area contributed by atoms with E-state index in [2.05, 4.69) is 20.8 Å². The Morgan fingerprint density at radius 3 is 2.65 bits per heavy atom. The van der Waals surface area contributed by atoms with Gasteiger partial charge in [0.05, 0.1) is 11.4 Å². The fourth-order valence-corrected chi connectivity index (χ4v) is 2.38. The normalized spacial score (nSPS) is 10.4. The lowest BCUT2D eigenvalue weighted by Gasteiger charge is -2.05. The summed E-state index contributed by atoms with van der Waals surface area (Å²) in [6.07, 6.45) is 1.50. The number of rotatable bonds is 3. The van der Waals surface area contributed by atoms with Crippen molar-refractivity contribution in [3.63, 3.8) is 0 Å². The van der Waals surface area contributed by atoms with Crippen LogP contribution >= 0.6 is 11.3 Å². The Morgan fingerprint density at radius 1 is 1.25 bits per heavy atom. The van der Waals surface area contributed by atoms with Gasteiger partial charge in [0, 0.05) is 5.69 Å². The minimum Gasteiger partial charge on any atom is -0.397 e. The van der Waals surface area contributed by atoms with Gasteiger partial charge in [-0.15, -0.1) is 16.4 Å². The Hall–Kier alpha value is -2.74. The average Bonchev–Trinajstić information content (AvgIpc) is 3.10. The van der Waals surface area contributed by atoms with Gasteiger partial charge in [-0.3, -0.25) is 4.79 Å². The van der Waals surface area contributed by atoms with E-state index < -0.39 is 0 Å². The molecule has 1 aromatic carbocycles. The second kappa shape index (κ2) is 5.10. The molecule has 0 radical (unpaired) electrons. The van der Waals surface area contributed by atoms with E-state index in [9.17, 15) is 4.79 Å². The zero-order valence-electron chi connectivity index (χ0n) is 10.2. The third kappa shape index (κ3) is 2.36. The average molecular weight is 286 g/mol. The van der Waals surface area contributed by atoms with Crippen molar-refractivity contribution in [2.75, 3.05) is 11.1 Å². The van der Waals surface area contributed by atoms with E-state index in [4.69, 9.17) is 5.73 Å². The summed E-state index contributed by atoms with van der Waals surface area (Å²) >= 11 is 1.31. The predicted molar refractivity (Wildman–Crippen MR) is 75.8 cm³/mol. The quantitative estimate of drug-likeness (QED) is 0.761. The van der Waals surface area contributed by atoms with Gasteiger partial charge in [-0.1, -0.05) is 0 Å². The lowest BCUT2D eigenvalue weighted by Crippen LogP contribution is -2.11. The van der Waals surface area contributed by atoms with E-state index in [1.165, 1.54) is 22.3 Å². The van der Waals surface area contributed by atoms with E-state index >= 15 is 0 Å². The summed E-state index contributed by atoms with van der Waals surface area (Å²) in [6, 6.07) is 8.88. The van der Waals surface area contributed by atoms with Crippen molar-refractivity contribution in [3.8, 4) is 5.69 Å². The number of hydrogen-bond donors (Lipinski definition) is 2. The first-order chi connectivity index (χ1) is 9.74. The number of carbonyl (C=O) groups is 1. The predicted octanol–water partition coefficient (Wildman–Crippen LogP) is 1.56. The van der Waals surface area contributed by atoms with Crippen molar-refractivity contribution < 1.29 is 4.79 Å². The Labute approximate surface area is 118 Å². The van der Waals surface area contributed by atoms with Gasteiger partial charge < -0.3 is 11.1 Å². The molecule has 0 spiro atoms. The van der Waals surface area contributed by atoms with Crippen molar-refractivity contribution >= 4 is 28.6 Å². The maximum Gasteiger partial charge on any atom is 0.267 e. The molecule has 2 heterocycles. The van der Waals surface area contributed by atoms with E-state index in [1.807, 2.05) is 12.1 Å². The second-order valence-corrected chi connectivity index (χ2v) is 4.88. The maximum atomic E-state index is 12.0. The maximum absolute atomic E-state index is 12.0. The molecule has 3 rings (SSSR count). The summed E-state index contributed by atoms with van der Waals surface area (Å²) in [6.45, 7) is 0. The van der Waals surface area contributed by atoms with Crippen LogP contribution in [-0.2, 0) is 0 Å². The van der Waals surface area contributed by atoms with Gasteiger partial charge in [0.2, 0.25) is 0 Å². The van der Waals surface area contributed by atoms with Gasteiger partial charge in [-0.25, -0.2) is 4.68 Å². The van der Waals surface area contributed by atoms with Crippen LogP contribution in [0.15, 0.2) is 42.0 Å². The summed E-state index contributed by atoms with van der Waals surface area (Å²) < 4.78 is 1.53. The van der Waals surface area contributed by atoms with Gasteiger partial charge in [-0.2, -0.15) is 0 Å². The van der Waals surface area contributed by atoms with Crippen LogP contribution in [0.25, 0.3) is 5.69 Å². The molecule has 3 aromatic rings. The molecule has 2 aromatic heterocycles. The molecule has 0 atom stereocenters. The van der Waals surface area contributed by atoms with Gasteiger partial charge >= 0.3 is 0 Å². The lowest BCUT2D eigenvalue weighted by molar-refractivity contribution is 0.103. The van der Waals surface area contributed by atoms with Crippen LogP contribution in [0, 0.1) is 0 Å². The third-order valence-electron chi connectivity index (χ3n) is 2.64. The number of nitrogens with two attached hydrogens (primary N) is 1. The van der Waals surface area contributed by atoms with E-state index in [-0.39, 0.29) is 5.91 Å². The molecule has 0 unspecified atom stereocenters. The van der Waals surface area contributed by atoms with Crippen LogP contribution in [-0.4, -0.2) is 26.1 Å². The van der Waals surface area contributed by atoms with Gasteiger partial charge in [0.25, 0.3) is 5.91 Å². The molecule has 0 fully saturated rings. The highest BCUT2D eigenvalue weighted by Gasteiger charge is 2.11. The smallest absolute Gasteiger partial charge is 0.267 e. The number of amides is 1. The summed E-state index contributed by atoms with van der Waals surface area (Å²) in [7, 11) is 0. The van der Waals surface area contributed by atoms with Gasteiger partial charge in [0.15, 0.2) is 0 Å². The number of tetrazole rings is 1. The largest absolute Gasteiger partial charge is 0.397 e. The first-order valence-corrected chi connectivity index (χ1v) is 6.60. The first-order valence-electron chi connectivity index (χ1n) is 5.72. The van der Waals surface area contributed by atoms with Crippen LogP contribution in [0.2, 0.25) is 0 Å². The molecule has 1 amide bonds. The molecule has 0 aliphatic heterocycles. The number of nitrogens with zero attached hydrogens (tertiary/aromatic N) is 4. The fraction of sp³-hybridized carbons (Fsp3) is 0. The molecule has 7 nitrogen and oxygen atoms in total. The summed E-state index contributed by atoms with van der Waals surface area (Å²) in [5.41, 5.74) is 7.68. The molecule has 0 aliphatic carbocycles. The number of anilines is 2. The Morgan fingerprint density at radius 2 is 2.05 bits per heavy atom. The number of benzene rings is 1. The summed E-state index contributed by atoms with van der Waals surface area (Å²) in [4.78, 5) is 12.5. The Kier molecular flexibility index (Phi) is 3.13. The van der Waals surface area contributed by atoms with E-state index in [0.29, 0.717) is 16.3 Å². The minimum atomic E-state index is -0.215. The Balaban J connectivity index is 1.76. The fourth-order valence-electron chi connectivity index (χ4n) is 1.67. The summed E-state index contributed by atoms with van der Waals surface area (Å²) in [5.74, 6) is -0.215. The number of aromatic nitrogens is 4. The standard InChI is InChI=1S/C12H10N6OS/c13-10-5-6-20-11(10)12(19)15-8-1-3-9(4-2-8)18-7-14-16-17-18/h1-7H,13H2,(H,15,19). The highest BCUT2D eigenvalue weighted by atomic mass is 32.1. The minimum absolute atomic E-state index is 0.215. The molecular formula is C12H10N6OS. The molecular weight excluding hydrogens is 276 g/mol. The van der Waals surface area contributed by atoms with Crippen LogP contribution < -0.4 is 11.1 Å². The highest BCUT2D eigenvalue weighted by Crippen LogP contribution is 2.21. The van der Waals surface area contributed by atoms with Crippen molar-refractivity contribution in [3.05, 3.63) is 46.9 Å². The molecule has 8 heteroatoms.